The van der Waals surface area contributed by atoms with Gasteiger partial charge in [-0.3, -0.25) is 14.8 Å². The van der Waals surface area contributed by atoms with Crippen molar-refractivity contribution in [2.24, 2.45) is 5.73 Å². The van der Waals surface area contributed by atoms with Crippen LogP contribution in [0.1, 0.15) is 32.9 Å². The van der Waals surface area contributed by atoms with Crippen molar-refractivity contribution in [3.63, 3.8) is 0 Å². The number of hydrogen-bond acceptors (Lipinski definition) is 4. The van der Waals surface area contributed by atoms with E-state index in [4.69, 9.17) is 5.73 Å². The lowest BCUT2D eigenvalue weighted by molar-refractivity contribution is 0.0951. The molecule has 0 bridgehead atoms. The number of nitrogens with one attached hydrogen (secondary N) is 1. The lowest BCUT2D eigenvalue weighted by Crippen LogP contribution is -2.23. The fourth-order valence-electron chi connectivity index (χ4n) is 2.72. The lowest BCUT2D eigenvalue weighted by atomic mass is 9.99. The van der Waals surface area contributed by atoms with Crippen molar-refractivity contribution in [2.45, 2.75) is 26.9 Å². The normalized spacial score (nSPS) is 10.6. The van der Waals surface area contributed by atoms with Crippen LogP contribution in [0.4, 0.5) is 0 Å². The smallest absolute Gasteiger partial charge is 0.251 e. The Hall–Kier alpha value is -3.05. The van der Waals surface area contributed by atoms with Crippen molar-refractivity contribution < 1.29 is 4.79 Å². The topological polar surface area (TPSA) is 80.9 Å². The Morgan fingerprint density at radius 3 is 2.50 bits per heavy atom. The Balaban J connectivity index is 1.83. The minimum atomic E-state index is -0.132. The van der Waals surface area contributed by atoms with Gasteiger partial charge in [0.1, 0.15) is 0 Å². The number of pyridine rings is 2. The summed E-state index contributed by atoms with van der Waals surface area (Å²) in [4.78, 5) is 21.1. The number of aryl methyl sites for hydroxylation is 2. The fourth-order valence-corrected chi connectivity index (χ4v) is 2.72. The molecule has 26 heavy (non-hydrogen) atoms. The number of aromatic nitrogens is 2. The van der Waals surface area contributed by atoms with Crippen LogP contribution in [0.2, 0.25) is 0 Å². The summed E-state index contributed by atoms with van der Waals surface area (Å²) in [6, 6.07) is 13.6. The first-order valence-corrected chi connectivity index (χ1v) is 8.52. The molecule has 0 aliphatic heterocycles. The zero-order valence-electron chi connectivity index (χ0n) is 15.0. The Bertz CT molecular complexity index is 920. The van der Waals surface area contributed by atoms with E-state index in [-0.39, 0.29) is 5.91 Å². The molecule has 3 rings (SSSR count). The number of benzene rings is 1. The highest BCUT2D eigenvalue weighted by atomic mass is 16.1. The van der Waals surface area contributed by atoms with Crippen LogP contribution in [-0.4, -0.2) is 15.9 Å². The fraction of sp³-hybridized carbons (Fsp3) is 0.190. The van der Waals surface area contributed by atoms with Crippen LogP contribution < -0.4 is 11.1 Å². The number of carbonyl (C=O) groups excluding carboxylic acids is 1. The number of rotatable bonds is 5. The van der Waals surface area contributed by atoms with Crippen molar-refractivity contribution in [3.05, 3.63) is 82.9 Å². The summed E-state index contributed by atoms with van der Waals surface area (Å²) in [6.07, 6.45) is 3.54. The van der Waals surface area contributed by atoms with Gasteiger partial charge in [-0.25, -0.2) is 0 Å². The average molecular weight is 346 g/mol. The molecule has 3 N–H and O–H groups in total. The number of hydrogen-bond donors (Lipinski definition) is 2. The van der Waals surface area contributed by atoms with Crippen LogP contribution in [0.5, 0.6) is 0 Å². The molecule has 0 atom stereocenters. The molecule has 0 fully saturated rings. The van der Waals surface area contributed by atoms with Gasteiger partial charge in [0.15, 0.2) is 0 Å². The Morgan fingerprint density at radius 1 is 0.962 bits per heavy atom. The molecule has 1 aromatic carbocycles. The van der Waals surface area contributed by atoms with Crippen LogP contribution in [-0.2, 0) is 13.1 Å². The Morgan fingerprint density at radius 2 is 1.81 bits per heavy atom. The first-order chi connectivity index (χ1) is 12.5. The van der Waals surface area contributed by atoms with E-state index in [1.807, 2.05) is 56.3 Å². The quantitative estimate of drug-likeness (QED) is 0.744. The first kappa shape index (κ1) is 17.8. The minimum absolute atomic E-state index is 0.132. The summed E-state index contributed by atoms with van der Waals surface area (Å²) in [5.41, 5.74) is 12.2. The van der Waals surface area contributed by atoms with Gasteiger partial charge in [0, 0.05) is 42.4 Å². The maximum absolute atomic E-state index is 12.6. The second-order valence-electron chi connectivity index (χ2n) is 6.30. The largest absolute Gasteiger partial charge is 0.348 e. The van der Waals surface area contributed by atoms with Gasteiger partial charge in [-0.05, 0) is 72.5 Å². The van der Waals surface area contributed by atoms with E-state index in [9.17, 15) is 4.79 Å². The number of amides is 1. The van der Waals surface area contributed by atoms with Gasteiger partial charge in [-0.2, -0.15) is 0 Å². The molecule has 0 saturated heterocycles. The highest BCUT2D eigenvalue weighted by Crippen LogP contribution is 2.23. The number of carbonyl (C=O) groups is 1. The third-order valence-corrected chi connectivity index (χ3v) is 4.15. The van der Waals surface area contributed by atoms with E-state index in [0.717, 1.165) is 33.6 Å². The highest BCUT2D eigenvalue weighted by Gasteiger charge is 2.10. The van der Waals surface area contributed by atoms with Gasteiger partial charge in [0.25, 0.3) is 5.91 Å². The Labute approximate surface area is 153 Å². The van der Waals surface area contributed by atoms with Gasteiger partial charge in [-0.1, -0.05) is 6.07 Å². The van der Waals surface area contributed by atoms with Crippen molar-refractivity contribution in [3.8, 4) is 11.1 Å². The van der Waals surface area contributed by atoms with E-state index in [1.165, 1.54) is 0 Å². The van der Waals surface area contributed by atoms with Gasteiger partial charge in [0.2, 0.25) is 0 Å². The van der Waals surface area contributed by atoms with Crippen molar-refractivity contribution in [1.82, 2.24) is 15.3 Å². The van der Waals surface area contributed by atoms with E-state index in [1.54, 1.807) is 12.4 Å². The van der Waals surface area contributed by atoms with Gasteiger partial charge < -0.3 is 11.1 Å². The molecule has 5 heteroatoms. The van der Waals surface area contributed by atoms with Crippen molar-refractivity contribution in [2.75, 3.05) is 0 Å². The molecule has 0 spiro atoms. The average Bonchev–Trinajstić information content (AvgIpc) is 2.67. The highest BCUT2D eigenvalue weighted by molar-refractivity contribution is 5.95. The monoisotopic (exact) mass is 346 g/mol. The van der Waals surface area contributed by atoms with Crippen molar-refractivity contribution in [1.29, 1.82) is 0 Å². The molecule has 2 aromatic heterocycles. The molecule has 3 aromatic rings. The van der Waals surface area contributed by atoms with Crippen LogP contribution >= 0.6 is 0 Å². The second kappa shape index (κ2) is 7.89. The molecule has 0 saturated carbocycles. The van der Waals surface area contributed by atoms with Gasteiger partial charge in [-0.15, -0.1) is 0 Å². The van der Waals surface area contributed by atoms with Crippen LogP contribution in [0, 0.1) is 13.8 Å². The summed E-state index contributed by atoms with van der Waals surface area (Å²) in [6.45, 7) is 4.69. The summed E-state index contributed by atoms with van der Waals surface area (Å²) in [5.74, 6) is -0.132. The molecule has 0 unspecified atom stereocenters. The molecule has 2 heterocycles. The van der Waals surface area contributed by atoms with Crippen molar-refractivity contribution >= 4 is 5.91 Å². The van der Waals surface area contributed by atoms with Gasteiger partial charge in [0.05, 0.1) is 0 Å². The van der Waals surface area contributed by atoms with Crippen LogP contribution in [0.3, 0.4) is 0 Å². The predicted molar refractivity (Wildman–Crippen MR) is 102 cm³/mol. The predicted octanol–water partition coefficient (Wildman–Crippen LogP) is 3.15. The second-order valence-corrected chi connectivity index (χ2v) is 6.30. The standard InChI is InChI=1S/C21H22N4O/c1-14-3-4-16(12-24-14)13-25-21(26)20-9-17(11-22)8-19(10-20)18-5-6-23-15(2)7-18/h3-10,12H,11,13,22H2,1-2H3,(H,25,26). The minimum Gasteiger partial charge on any atom is -0.348 e. The SMILES string of the molecule is Cc1ccc(CNC(=O)c2cc(CN)cc(-c3ccnc(C)c3)c2)cn1. The van der Waals surface area contributed by atoms with E-state index in [2.05, 4.69) is 15.3 Å². The maximum atomic E-state index is 12.6. The third kappa shape index (κ3) is 4.32. The van der Waals surface area contributed by atoms with Crippen LogP contribution in [0.15, 0.2) is 54.9 Å². The van der Waals surface area contributed by atoms with Crippen LogP contribution in [0.25, 0.3) is 11.1 Å². The molecule has 0 radical (unpaired) electrons. The third-order valence-electron chi connectivity index (χ3n) is 4.15. The maximum Gasteiger partial charge on any atom is 0.251 e. The molecular formula is C21H22N4O. The molecule has 5 nitrogen and oxygen atoms in total. The zero-order valence-corrected chi connectivity index (χ0v) is 15.0. The summed E-state index contributed by atoms with van der Waals surface area (Å²) in [5, 5.41) is 2.94. The van der Waals surface area contributed by atoms with Gasteiger partial charge >= 0.3 is 0 Å². The molecule has 132 valence electrons. The lowest BCUT2D eigenvalue weighted by Gasteiger charge is -2.10. The number of nitrogens with zero attached hydrogens (tertiary/aromatic N) is 2. The summed E-state index contributed by atoms with van der Waals surface area (Å²) in [7, 11) is 0. The number of nitrogens with two attached hydrogens (primary N) is 1. The molecule has 1 amide bonds. The molecule has 0 aliphatic carbocycles. The molecule has 0 aliphatic rings. The zero-order chi connectivity index (χ0) is 18.5. The van der Waals surface area contributed by atoms with E-state index < -0.39 is 0 Å². The Kier molecular flexibility index (Phi) is 5.39. The summed E-state index contributed by atoms with van der Waals surface area (Å²) < 4.78 is 0. The summed E-state index contributed by atoms with van der Waals surface area (Å²) >= 11 is 0. The van der Waals surface area contributed by atoms with E-state index in [0.29, 0.717) is 18.7 Å². The van der Waals surface area contributed by atoms with E-state index >= 15 is 0 Å². The molecular weight excluding hydrogens is 324 g/mol. The first-order valence-electron chi connectivity index (χ1n) is 8.52.